The van der Waals surface area contributed by atoms with E-state index in [9.17, 15) is 9.18 Å². The number of rotatable bonds is 5. The summed E-state index contributed by atoms with van der Waals surface area (Å²) in [5.41, 5.74) is 4.71. The second kappa shape index (κ2) is 8.23. The number of aryl methyl sites for hydroxylation is 1. The Labute approximate surface area is 184 Å². The zero-order chi connectivity index (χ0) is 22.1. The number of carbonyl (C=O) groups is 1. The predicted octanol–water partition coefficient (Wildman–Crippen LogP) is 5.59. The number of aromatic nitrogens is 3. The minimum absolute atomic E-state index is 0.0485. The van der Waals surface area contributed by atoms with E-state index in [2.05, 4.69) is 29.4 Å². The molecule has 0 spiro atoms. The number of halogens is 1. The second-order valence-electron chi connectivity index (χ2n) is 7.63. The number of anilines is 1. The smallest absolute Gasteiger partial charge is 0.246 e. The number of nitrogens with zero attached hydrogens (tertiary/aromatic N) is 3. The summed E-state index contributed by atoms with van der Waals surface area (Å²) in [5, 5.41) is 9.25. The average molecular weight is 424 g/mol. The summed E-state index contributed by atoms with van der Waals surface area (Å²) < 4.78 is 15.7. The Morgan fingerprint density at radius 1 is 1.00 bits per heavy atom. The Balaban J connectivity index is 1.65. The highest BCUT2D eigenvalue weighted by atomic mass is 19.1. The van der Waals surface area contributed by atoms with Crippen molar-refractivity contribution in [2.24, 2.45) is 0 Å². The second-order valence-corrected chi connectivity index (χ2v) is 7.63. The molecule has 0 aliphatic rings. The Hall–Kier alpha value is -4.06. The van der Waals surface area contributed by atoms with Crippen molar-refractivity contribution < 1.29 is 9.18 Å². The number of benzene rings is 3. The topological polar surface area (TPSA) is 59.8 Å². The number of fused-ring (bicyclic) bond motifs is 3. The summed E-state index contributed by atoms with van der Waals surface area (Å²) in [5.74, 6) is -0.825. The van der Waals surface area contributed by atoms with E-state index in [-0.39, 0.29) is 18.1 Å². The molecule has 0 saturated heterocycles. The van der Waals surface area contributed by atoms with Gasteiger partial charge in [0.15, 0.2) is 0 Å². The quantitative estimate of drug-likeness (QED) is 0.400. The molecular weight excluding hydrogens is 403 g/mol. The lowest BCUT2D eigenvalue weighted by Crippen LogP contribution is -2.20. The Morgan fingerprint density at radius 3 is 2.56 bits per heavy atom. The highest BCUT2D eigenvalue weighted by molar-refractivity contribution is 6.08. The molecule has 1 N–H and O–H groups in total. The molecule has 0 saturated carbocycles. The van der Waals surface area contributed by atoms with Gasteiger partial charge in [0.05, 0.1) is 16.7 Å². The molecule has 5 rings (SSSR count). The third-order valence-electron chi connectivity index (χ3n) is 5.53. The third kappa shape index (κ3) is 3.60. The normalized spacial score (nSPS) is 11.2. The first-order chi connectivity index (χ1) is 15.6. The number of carbonyl (C=O) groups excluding carboxylic acids is 1. The van der Waals surface area contributed by atoms with Crippen molar-refractivity contribution in [1.82, 2.24) is 14.8 Å². The molecule has 32 heavy (non-hydrogen) atoms. The molecule has 0 atom stereocenters. The van der Waals surface area contributed by atoms with Crippen LogP contribution >= 0.6 is 0 Å². The number of nitrogens with one attached hydrogen (secondary N) is 1. The van der Waals surface area contributed by atoms with Crippen LogP contribution in [-0.2, 0) is 17.8 Å². The number of amides is 1. The maximum absolute atomic E-state index is 14.0. The largest absolute Gasteiger partial charge is 0.322 e. The van der Waals surface area contributed by atoms with Crippen LogP contribution in [0.2, 0.25) is 0 Å². The maximum atomic E-state index is 14.0. The van der Waals surface area contributed by atoms with Crippen LogP contribution in [0.15, 0.2) is 79.0 Å². The van der Waals surface area contributed by atoms with Crippen molar-refractivity contribution in [2.75, 3.05) is 5.32 Å². The van der Waals surface area contributed by atoms with Gasteiger partial charge < -0.3 is 5.32 Å². The molecule has 5 nitrogen and oxygen atoms in total. The molecule has 3 aromatic carbocycles. The summed E-state index contributed by atoms with van der Waals surface area (Å²) in [4.78, 5) is 17.5. The standard InChI is InChI=1S/C26H21FN4O/c1-2-17-12-13-22-19(14-17)26-20(15-28-22)25(18-8-4-3-5-9-18)30-31(26)16-24(32)29-23-11-7-6-10-21(23)27/h3-15H,2,16H2,1H3,(H,29,32). The summed E-state index contributed by atoms with van der Waals surface area (Å²) >= 11 is 0. The number of hydrogen-bond acceptors (Lipinski definition) is 3. The van der Waals surface area contributed by atoms with Crippen molar-refractivity contribution in [2.45, 2.75) is 19.9 Å². The van der Waals surface area contributed by atoms with E-state index in [1.54, 1.807) is 16.8 Å². The fourth-order valence-corrected chi connectivity index (χ4v) is 3.93. The molecule has 158 valence electrons. The molecule has 0 unspecified atom stereocenters. The number of hydrogen-bond donors (Lipinski definition) is 1. The molecule has 2 heterocycles. The van der Waals surface area contributed by atoms with Crippen LogP contribution in [0, 0.1) is 5.82 Å². The van der Waals surface area contributed by atoms with E-state index in [1.165, 1.54) is 17.7 Å². The van der Waals surface area contributed by atoms with Crippen LogP contribution in [0.25, 0.3) is 33.1 Å². The molecule has 5 aromatic rings. The van der Waals surface area contributed by atoms with Gasteiger partial charge in [-0.1, -0.05) is 55.5 Å². The van der Waals surface area contributed by atoms with Crippen LogP contribution in [-0.4, -0.2) is 20.7 Å². The van der Waals surface area contributed by atoms with Gasteiger partial charge in [0.2, 0.25) is 5.91 Å². The van der Waals surface area contributed by atoms with Crippen molar-refractivity contribution in [3.63, 3.8) is 0 Å². The van der Waals surface area contributed by atoms with Crippen molar-refractivity contribution >= 4 is 33.4 Å². The molecule has 0 radical (unpaired) electrons. The van der Waals surface area contributed by atoms with E-state index in [1.807, 2.05) is 42.6 Å². The Bertz CT molecular complexity index is 1440. The van der Waals surface area contributed by atoms with Crippen LogP contribution in [0.5, 0.6) is 0 Å². The van der Waals surface area contributed by atoms with Gasteiger partial charge in [-0.25, -0.2) is 4.39 Å². The summed E-state index contributed by atoms with van der Waals surface area (Å²) in [6, 6.07) is 22.1. The van der Waals surface area contributed by atoms with E-state index in [0.29, 0.717) is 0 Å². The first kappa shape index (κ1) is 19.9. The van der Waals surface area contributed by atoms with E-state index in [4.69, 9.17) is 5.10 Å². The van der Waals surface area contributed by atoms with Crippen molar-refractivity contribution in [1.29, 1.82) is 0 Å². The summed E-state index contributed by atoms with van der Waals surface area (Å²) in [7, 11) is 0. The predicted molar refractivity (Wildman–Crippen MR) is 125 cm³/mol. The van der Waals surface area contributed by atoms with Crippen LogP contribution in [0.3, 0.4) is 0 Å². The van der Waals surface area contributed by atoms with Gasteiger partial charge in [-0.3, -0.25) is 14.5 Å². The van der Waals surface area contributed by atoms with Crippen LogP contribution in [0.1, 0.15) is 12.5 Å². The summed E-state index contributed by atoms with van der Waals surface area (Å²) in [6.07, 6.45) is 2.70. The zero-order valence-electron chi connectivity index (χ0n) is 17.5. The Kier molecular flexibility index (Phi) is 5.11. The molecule has 1 amide bonds. The molecular formula is C26H21FN4O. The minimum atomic E-state index is -0.474. The van der Waals surface area contributed by atoms with Gasteiger partial charge in [-0.2, -0.15) is 5.10 Å². The van der Waals surface area contributed by atoms with Gasteiger partial charge in [0.25, 0.3) is 0 Å². The SMILES string of the molecule is CCc1ccc2ncc3c(-c4ccccc4)nn(CC(=O)Nc4ccccc4F)c3c2c1. The van der Waals surface area contributed by atoms with E-state index in [0.717, 1.165) is 39.5 Å². The minimum Gasteiger partial charge on any atom is -0.322 e. The molecule has 0 fully saturated rings. The highest BCUT2D eigenvalue weighted by Crippen LogP contribution is 2.32. The highest BCUT2D eigenvalue weighted by Gasteiger charge is 2.18. The van der Waals surface area contributed by atoms with Gasteiger partial charge in [0.1, 0.15) is 18.1 Å². The maximum Gasteiger partial charge on any atom is 0.246 e. The fraction of sp³-hybridized carbons (Fsp3) is 0.115. The van der Waals surface area contributed by atoms with Crippen LogP contribution < -0.4 is 5.32 Å². The third-order valence-corrected chi connectivity index (χ3v) is 5.53. The number of pyridine rings is 1. The van der Waals surface area contributed by atoms with Gasteiger partial charge >= 0.3 is 0 Å². The zero-order valence-corrected chi connectivity index (χ0v) is 17.5. The molecule has 6 heteroatoms. The lowest BCUT2D eigenvalue weighted by Gasteiger charge is -2.09. The van der Waals surface area contributed by atoms with Gasteiger partial charge in [-0.05, 0) is 36.2 Å². The van der Waals surface area contributed by atoms with Crippen LogP contribution in [0.4, 0.5) is 10.1 Å². The molecule has 2 aromatic heterocycles. The van der Waals surface area contributed by atoms with Gasteiger partial charge in [0, 0.05) is 22.5 Å². The summed E-state index contributed by atoms with van der Waals surface area (Å²) in [6.45, 7) is 2.05. The van der Waals surface area contributed by atoms with Crippen molar-refractivity contribution in [3.8, 4) is 11.3 Å². The molecule has 0 aliphatic heterocycles. The average Bonchev–Trinajstić information content (AvgIpc) is 3.19. The molecule has 0 bridgehead atoms. The monoisotopic (exact) mass is 424 g/mol. The van der Waals surface area contributed by atoms with E-state index >= 15 is 0 Å². The Morgan fingerprint density at radius 2 is 1.78 bits per heavy atom. The lowest BCUT2D eigenvalue weighted by atomic mass is 10.0. The van der Waals surface area contributed by atoms with E-state index < -0.39 is 5.82 Å². The lowest BCUT2D eigenvalue weighted by molar-refractivity contribution is -0.116. The fourth-order valence-electron chi connectivity index (χ4n) is 3.93. The first-order valence-corrected chi connectivity index (χ1v) is 10.5. The van der Waals surface area contributed by atoms with Crippen molar-refractivity contribution in [3.05, 3.63) is 90.4 Å². The first-order valence-electron chi connectivity index (χ1n) is 10.5. The molecule has 0 aliphatic carbocycles. The van der Waals surface area contributed by atoms with Gasteiger partial charge in [-0.15, -0.1) is 0 Å². The number of para-hydroxylation sites is 1.